The van der Waals surface area contributed by atoms with Crippen LogP contribution in [0.15, 0.2) is 16.6 Å². The molecule has 1 aromatic carbocycles. The highest BCUT2D eigenvalue weighted by Crippen LogP contribution is 2.29. The van der Waals surface area contributed by atoms with E-state index < -0.39 is 0 Å². The van der Waals surface area contributed by atoms with Gasteiger partial charge < -0.3 is 11.1 Å². The Balaban J connectivity index is 2.31. The van der Waals surface area contributed by atoms with Crippen LogP contribution in [0.1, 0.15) is 40.7 Å². The molecule has 106 valence electrons. The van der Waals surface area contributed by atoms with Crippen LogP contribution >= 0.6 is 27.5 Å². The van der Waals surface area contributed by atoms with Gasteiger partial charge in [-0.05, 0) is 42.1 Å². The first-order valence-corrected chi connectivity index (χ1v) is 7.66. The summed E-state index contributed by atoms with van der Waals surface area (Å²) in [5, 5.41) is 6.86. The van der Waals surface area contributed by atoms with Crippen LogP contribution in [0.5, 0.6) is 0 Å². The highest BCUT2D eigenvalue weighted by molar-refractivity contribution is 9.10. The Hall–Kier alpha value is -1.47. The number of anilines is 2. The lowest BCUT2D eigenvalue weighted by molar-refractivity contribution is 0.102. The van der Waals surface area contributed by atoms with Gasteiger partial charge in [0, 0.05) is 4.47 Å². The number of carbonyl (C=O) groups is 1. The Labute approximate surface area is 129 Å². The second-order valence-electron chi connectivity index (χ2n) is 4.78. The molecule has 0 atom stereocenters. The van der Waals surface area contributed by atoms with Gasteiger partial charge in [0.1, 0.15) is 4.88 Å². The van der Waals surface area contributed by atoms with E-state index in [1.54, 1.807) is 6.07 Å². The normalized spacial score (nSPS) is 10.8. The molecule has 0 unspecified atom stereocenters. The molecule has 2 aromatic rings. The summed E-state index contributed by atoms with van der Waals surface area (Å²) in [5.41, 5.74) is 8.70. The number of carbonyl (C=O) groups excluding carboxylic acids is 1. The topological polar surface area (TPSA) is 80.9 Å². The van der Waals surface area contributed by atoms with E-state index in [0.29, 0.717) is 21.9 Å². The molecule has 0 saturated carbocycles. The number of benzene rings is 1. The van der Waals surface area contributed by atoms with Crippen molar-refractivity contribution in [3.63, 3.8) is 0 Å². The molecule has 1 aromatic heterocycles. The second-order valence-corrected chi connectivity index (χ2v) is 6.45. The minimum atomic E-state index is -0.221. The van der Waals surface area contributed by atoms with E-state index in [1.807, 2.05) is 26.8 Å². The molecule has 0 aliphatic rings. The fraction of sp³-hybridized carbons (Fsp3) is 0.308. The zero-order chi connectivity index (χ0) is 14.9. The summed E-state index contributed by atoms with van der Waals surface area (Å²) in [7, 11) is 0. The number of nitrogens with one attached hydrogen (secondary N) is 1. The maximum atomic E-state index is 12.3. The maximum Gasteiger partial charge on any atom is 0.269 e. The summed E-state index contributed by atoms with van der Waals surface area (Å²) in [4.78, 5) is 12.9. The summed E-state index contributed by atoms with van der Waals surface area (Å²) in [5.74, 6) is -0.0707. The molecule has 20 heavy (non-hydrogen) atoms. The van der Waals surface area contributed by atoms with Gasteiger partial charge in [-0.25, -0.2) is 0 Å². The molecule has 1 heterocycles. The van der Waals surface area contributed by atoms with Crippen molar-refractivity contribution in [1.29, 1.82) is 0 Å². The van der Waals surface area contributed by atoms with Crippen LogP contribution in [0.3, 0.4) is 0 Å². The Morgan fingerprint density at radius 3 is 2.75 bits per heavy atom. The first kappa shape index (κ1) is 14.9. The molecule has 0 bridgehead atoms. The Morgan fingerprint density at radius 2 is 2.15 bits per heavy atom. The van der Waals surface area contributed by atoms with Crippen LogP contribution in [0.25, 0.3) is 0 Å². The summed E-state index contributed by atoms with van der Waals surface area (Å²) in [6.45, 7) is 5.85. The number of amides is 1. The van der Waals surface area contributed by atoms with E-state index in [2.05, 4.69) is 30.8 Å². The average molecular weight is 355 g/mol. The van der Waals surface area contributed by atoms with E-state index in [-0.39, 0.29) is 11.8 Å². The fourth-order valence-corrected chi connectivity index (χ4v) is 3.15. The van der Waals surface area contributed by atoms with Crippen molar-refractivity contribution in [2.45, 2.75) is 26.7 Å². The van der Waals surface area contributed by atoms with E-state index in [1.165, 1.54) is 0 Å². The van der Waals surface area contributed by atoms with Crippen molar-refractivity contribution in [2.24, 2.45) is 0 Å². The summed E-state index contributed by atoms with van der Waals surface area (Å²) >= 11 is 4.47. The second kappa shape index (κ2) is 5.88. The van der Waals surface area contributed by atoms with Crippen LogP contribution < -0.4 is 11.1 Å². The van der Waals surface area contributed by atoms with Crippen LogP contribution in [0.4, 0.5) is 11.4 Å². The highest BCUT2D eigenvalue weighted by Gasteiger charge is 2.20. The van der Waals surface area contributed by atoms with Crippen LogP contribution in [-0.4, -0.2) is 15.5 Å². The summed E-state index contributed by atoms with van der Waals surface area (Å²) < 4.78 is 4.74. The average Bonchev–Trinajstić information content (AvgIpc) is 2.82. The number of halogens is 1. The van der Waals surface area contributed by atoms with Gasteiger partial charge in [0.25, 0.3) is 5.91 Å². The van der Waals surface area contributed by atoms with Crippen LogP contribution in [0, 0.1) is 6.92 Å². The Morgan fingerprint density at radius 1 is 1.45 bits per heavy atom. The quantitative estimate of drug-likeness (QED) is 0.825. The van der Waals surface area contributed by atoms with Gasteiger partial charge in [-0.15, -0.1) is 5.10 Å². The Kier molecular flexibility index (Phi) is 4.39. The van der Waals surface area contributed by atoms with Gasteiger partial charge in [0.2, 0.25) is 0 Å². The SMILES string of the molecule is Cc1cc(Br)cc(N)c1NC(=O)c1snnc1C(C)C. The minimum absolute atomic E-state index is 0.151. The molecular formula is C13H15BrN4OS. The van der Waals surface area contributed by atoms with E-state index >= 15 is 0 Å². The number of nitrogens with zero attached hydrogens (tertiary/aromatic N) is 2. The zero-order valence-electron chi connectivity index (χ0n) is 11.4. The molecule has 0 aliphatic carbocycles. The molecule has 0 aliphatic heterocycles. The molecule has 5 nitrogen and oxygen atoms in total. The smallest absolute Gasteiger partial charge is 0.269 e. The number of rotatable bonds is 3. The number of nitrogens with two attached hydrogens (primary N) is 1. The van der Waals surface area contributed by atoms with Crippen LogP contribution in [-0.2, 0) is 0 Å². The van der Waals surface area contributed by atoms with Crippen molar-refractivity contribution < 1.29 is 4.79 Å². The van der Waals surface area contributed by atoms with Gasteiger partial charge in [0.05, 0.1) is 17.1 Å². The molecule has 3 N–H and O–H groups in total. The fourth-order valence-electron chi connectivity index (χ4n) is 1.84. The zero-order valence-corrected chi connectivity index (χ0v) is 13.8. The third-order valence-electron chi connectivity index (χ3n) is 2.84. The van der Waals surface area contributed by atoms with Gasteiger partial charge in [0.15, 0.2) is 0 Å². The van der Waals surface area contributed by atoms with Gasteiger partial charge in [-0.1, -0.05) is 34.3 Å². The molecule has 7 heteroatoms. The summed E-state index contributed by atoms with van der Waals surface area (Å²) in [6.07, 6.45) is 0. The molecule has 0 radical (unpaired) electrons. The largest absolute Gasteiger partial charge is 0.397 e. The molecular weight excluding hydrogens is 340 g/mol. The number of hydrogen-bond donors (Lipinski definition) is 2. The first-order chi connectivity index (χ1) is 9.40. The number of aryl methyl sites for hydroxylation is 1. The lowest BCUT2D eigenvalue weighted by atomic mass is 10.1. The molecule has 0 spiro atoms. The van der Waals surface area contributed by atoms with Gasteiger partial charge >= 0.3 is 0 Å². The van der Waals surface area contributed by atoms with Crippen molar-refractivity contribution in [3.8, 4) is 0 Å². The van der Waals surface area contributed by atoms with E-state index in [4.69, 9.17) is 5.73 Å². The third kappa shape index (κ3) is 2.99. The standard InChI is InChI=1S/C13H15BrN4OS/c1-6(2)10-12(20-18-17-10)13(19)16-11-7(3)4-8(14)5-9(11)15/h4-6H,15H2,1-3H3,(H,16,19). The summed E-state index contributed by atoms with van der Waals surface area (Å²) in [6, 6.07) is 3.66. The van der Waals surface area contributed by atoms with Gasteiger partial charge in [-0.3, -0.25) is 4.79 Å². The highest BCUT2D eigenvalue weighted by atomic mass is 79.9. The molecule has 1 amide bonds. The first-order valence-electron chi connectivity index (χ1n) is 6.09. The van der Waals surface area contributed by atoms with E-state index in [0.717, 1.165) is 21.6 Å². The van der Waals surface area contributed by atoms with E-state index in [9.17, 15) is 4.79 Å². The van der Waals surface area contributed by atoms with Gasteiger partial charge in [-0.2, -0.15) is 0 Å². The van der Waals surface area contributed by atoms with Crippen molar-refractivity contribution in [3.05, 3.63) is 32.7 Å². The number of hydrogen-bond acceptors (Lipinski definition) is 5. The monoisotopic (exact) mass is 354 g/mol. The maximum absolute atomic E-state index is 12.3. The lowest BCUT2D eigenvalue weighted by Gasteiger charge is -2.12. The lowest BCUT2D eigenvalue weighted by Crippen LogP contribution is -2.15. The van der Waals surface area contributed by atoms with Crippen molar-refractivity contribution >= 4 is 44.7 Å². The predicted octanol–water partition coefficient (Wildman–Crippen LogP) is 3.57. The van der Waals surface area contributed by atoms with Crippen LogP contribution in [0.2, 0.25) is 0 Å². The third-order valence-corrected chi connectivity index (χ3v) is 4.03. The van der Waals surface area contributed by atoms with Crippen molar-refractivity contribution in [1.82, 2.24) is 9.59 Å². The number of nitrogen functional groups attached to an aromatic ring is 1. The predicted molar refractivity (Wildman–Crippen MR) is 85.2 cm³/mol. The Bertz CT molecular complexity index is 631. The molecule has 0 fully saturated rings. The molecule has 0 saturated heterocycles. The molecule has 2 rings (SSSR count). The minimum Gasteiger partial charge on any atom is -0.397 e. The number of aromatic nitrogens is 2. The van der Waals surface area contributed by atoms with Crippen molar-refractivity contribution in [2.75, 3.05) is 11.1 Å².